The van der Waals surface area contributed by atoms with E-state index in [1.54, 1.807) is 4.90 Å². The third-order valence-electron chi connectivity index (χ3n) is 7.58. The maximum Gasteiger partial charge on any atom is 0.407 e. The highest BCUT2D eigenvalue weighted by Crippen LogP contribution is 2.44. The molecule has 2 amide bonds. The average Bonchev–Trinajstić information content (AvgIpc) is 3.47. The second kappa shape index (κ2) is 9.49. The van der Waals surface area contributed by atoms with Gasteiger partial charge < -0.3 is 20.1 Å². The van der Waals surface area contributed by atoms with Gasteiger partial charge in [-0.1, -0.05) is 61.4 Å². The van der Waals surface area contributed by atoms with E-state index in [-0.39, 0.29) is 36.9 Å². The van der Waals surface area contributed by atoms with Crippen LogP contribution in [0.25, 0.3) is 11.1 Å². The van der Waals surface area contributed by atoms with Crippen molar-refractivity contribution in [1.82, 2.24) is 10.2 Å². The van der Waals surface area contributed by atoms with Crippen molar-refractivity contribution >= 4 is 18.0 Å². The minimum Gasteiger partial charge on any atom is -0.481 e. The summed E-state index contributed by atoms with van der Waals surface area (Å²) in [4.78, 5) is 38.9. The van der Waals surface area contributed by atoms with Gasteiger partial charge in [0.2, 0.25) is 5.91 Å². The Morgan fingerprint density at radius 3 is 2.24 bits per heavy atom. The molecule has 1 saturated heterocycles. The summed E-state index contributed by atoms with van der Waals surface area (Å²) in [5.41, 5.74) is 4.67. The zero-order chi connectivity index (χ0) is 23.7. The lowest BCUT2D eigenvalue weighted by atomic mass is 9.83. The van der Waals surface area contributed by atoms with Crippen LogP contribution in [0.2, 0.25) is 0 Å². The maximum absolute atomic E-state index is 13.1. The van der Waals surface area contributed by atoms with Crippen molar-refractivity contribution in [3.8, 4) is 11.1 Å². The summed E-state index contributed by atoms with van der Waals surface area (Å²) in [6, 6.07) is 16.1. The number of alkyl carbamates (subject to hydrolysis) is 1. The van der Waals surface area contributed by atoms with Crippen molar-refractivity contribution < 1.29 is 24.2 Å². The molecule has 1 heterocycles. The Hall–Kier alpha value is -3.35. The van der Waals surface area contributed by atoms with Crippen LogP contribution in [0.1, 0.15) is 49.1 Å². The first-order chi connectivity index (χ1) is 16.5. The summed E-state index contributed by atoms with van der Waals surface area (Å²) in [5.74, 6) is -1.75. The number of carbonyl (C=O) groups excluding carboxylic acids is 2. The second-order valence-corrected chi connectivity index (χ2v) is 9.58. The first kappa shape index (κ1) is 22.4. The molecule has 34 heavy (non-hydrogen) atoms. The molecule has 3 atom stereocenters. The molecule has 178 valence electrons. The number of amides is 2. The van der Waals surface area contributed by atoms with Crippen molar-refractivity contribution in [2.75, 3.05) is 19.7 Å². The van der Waals surface area contributed by atoms with Gasteiger partial charge in [-0.3, -0.25) is 9.59 Å². The minimum absolute atomic E-state index is 0.0144. The summed E-state index contributed by atoms with van der Waals surface area (Å²) in [5, 5.41) is 12.2. The Labute approximate surface area is 199 Å². The molecule has 7 heteroatoms. The number of hydrogen-bond donors (Lipinski definition) is 2. The van der Waals surface area contributed by atoms with Crippen LogP contribution in [0, 0.1) is 11.8 Å². The van der Waals surface area contributed by atoms with Gasteiger partial charge in [-0.2, -0.15) is 0 Å². The highest BCUT2D eigenvalue weighted by Gasteiger charge is 2.39. The molecule has 3 unspecified atom stereocenters. The van der Waals surface area contributed by atoms with E-state index in [0.29, 0.717) is 19.4 Å². The Bertz CT molecular complexity index is 1050. The third kappa shape index (κ3) is 4.27. The van der Waals surface area contributed by atoms with Gasteiger partial charge in [-0.05, 0) is 41.5 Å². The van der Waals surface area contributed by atoms with E-state index in [2.05, 4.69) is 29.6 Å². The lowest BCUT2D eigenvalue weighted by Gasteiger charge is -2.33. The Kier molecular flexibility index (Phi) is 6.26. The smallest absolute Gasteiger partial charge is 0.407 e. The van der Waals surface area contributed by atoms with Crippen LogP contribution in [0.5, 0.6) is 0 Å². The molecule has 1 saturated carbocycles. The summed E-state index contributed by atoms with van der Waals surface area (Å²) < 4.78 is 5.69. The SMILES string of the molecule is O=C(NC1CCCCC1C(=O)N1CCC(C(=O)O)C1)OCC1c2ccccc2-c2ccccc21. The number of fused-ring (bicyclic) bond motifs is 3. The number of benzene rings is 2. The number of ether oxygens (including phenoxy) is 1. The average molecular weight is 463 g/mol. The molecule has 0 spiro atoms. The molecule has 7 nitrogen and oxygen atoms in total. The van der Waals surface area contributed by atoms with Crippen molar-refractivity contribution in [3.63, 3.8) is 0 Å². The van der Waals surface area contributed by atoms with Crippen LogP contribution < -0.4 is 5.32 Å². The van der Waals surface area contributed by atoms with Gasteiger partial charge in [0.15, 0.2) is 0 Å². The van der Waals surface area contributed by atoms with E-state index >= 15 is 0 Å². The fraction of sp³-hybridized carbons (Fsp3) is 0.444. The molecule has 2 fully saturated rings. The molecular formula is C27H30N2O5. The van der Waals surface area contributed by atoms with Crippen LogP contribution >= 0.6 is 0 Å². The standard InChI is InChI=1S/C27H30N2O5/c30-25(29-14-13-17(15-29)26(31)32)22-11-5-6-12-24(22)28-27(33)34-16-23-20-9-3-1-7-18(20)19-8-2-4-10-21(19)23/h1-4,7-10,17,22-24H,5-6,11-16H2,(H,28,33)(H,31,32). The van der Waals surface area contributed by atoms with Crippen LogP contribution in [0.15, 0.2) is 48.5 Å². The Morgan fingerprint density at radius 1 is 0.941 bits per heavy atom. The normalized spacial score (nSPS) is 23.8. The van der Waals surface area contributed by atoms with Crippen LogP contribution in [0.3, 0.4) is 0 Å². The number of likely N-dealkylation sites (tertiary alicyclic amines) is 1. The minimum atomic E-state index is -0.854. The second-order valence-electron chi connectivity index (χ2n) is 9.58. The zero-order valence-electron chi connectivity index (χ0n) is 19.1. The molecule has 2 N–H and O–H groups in total. The van der Waals surface area contributed by atoms with E-state index in [1.165, 1.54) is 11.1 Å². The predicted molar refractivity (Wildman–Crippen MR) is 126 cm³/mol. The highest BCUT2D eigenvalue weighted by molar-refractivity contribution is 5.82. The summed E-state index contributed by atoms with van der Waals surface area (Å²) in [7, 11) is 0. The number of hydrogen-bond acceptors (Lipinski definition) is 4. The van der Waals surface area contributed by atoms with E-state index in [0.717, 1.165) is 30.4 Å². The number of carboxylic acids is 1. The lowest BCUT2D eigenvalue weighted by Crippen LogP contribution is -2.49. The van der Waals surface area contributed by atoms with Crippen molar-refractivity contribution in [1.29, 1.82) is 0 Å². The molecule has 0 radical (unpaired) electrons. The quantitative estimate of drug-likeness (QED) is 0.700. The Morgan fingerprint density at radius 2 is 1.59 bits per heavy atom. The van der Waals surface area contributed by atoms with Gasteiger partial charge in [-0.25, -0.2) is 4.79 Å². The van der Waals surface area contributed by atoms with Gasteiger partial charge in [0.1, 0.15) is 6.61 Å². The summed E-state index contributed by atoms with van der Waals surface area (Å²) >= 11 is 0. The molecule has 0 bridgehead atoms. The number of carboxylic acid groups (broad SMARTS) is 1. The predicted octanol–water partition coefficient (Wildman–Crippen LogP) is 4.02. The first-order valence-corrected chi connectivity index (χ1v) is 12.2. The number of aliphatic carboxylic acids is 1. The van der Waals surface area contributed by atoms with Gasteiger partial charge in [-0.15, -0.1) is 0 Å². The molecule has 2 aromatic carbocycles. The third-order valence-corrected chi connectivity index (χ3v) is 7.58. The lowest BCUT2D eigenvalue weighted by molar-refractivity contribution is -0.141. The highest BCUT2D eigenvalue weighted by atomic mass is 16.5. The van der Waals surface area contributed by atoms with Gasteiger partial charge in [0, 0.05) is 25.0 Å². The van der Waals surface area contributed by atoms with E-state index in [1.807, 2.05) is 24.3 Å². The first-order valence-electron chi connectivity index (χ1n) is 12.2. The fourth-order valence-corrected chi connectivity index (χ4v) is 5.79. The van der Waals surface area contributed by atoms with Gasteiger partial charge in [0.25, 0.3) is 0 Å². The van der Waals surface area contributed by atoms with E-state index < -0.39 is 18.0 Å². The topological polar surface area (TPSA) is 95.9 Å². The number of nitrogens with zero attached hydrogens (tertiary/aromatic N) is 1. The number of nitrogens with one attached hydrogen (secondary N) is 1. The van der Waals surface area contributed by atoms with E-state index in [9.17, 15) is 19.5 Å². The van der Waals surface area contributed by atoms with Crippen molar-refractivity contribution in [3.05, 3.63) is 59.7 Å². The van der Waals surface area contributed by atoms with Crippen LogP contribution in [0.4, 0.5) is 4.79 Å². The summed E-state index contributed by atoms with van der Waals surface area (Å²) in [6.45, 7) is 0.948. The largest absolute Gasteiger partial charge is 0.481 e. The van der Waals surface area contributed by atoms with Crippen LogP contribution in [-0.2, 0) is 14.3 Å². The number of carbonyl (C=O) groups is 3. The molecule has 2 aliphatic carbocycles. The molecule has 5 rings (SSSR count). The van der Waals surface area contributed by atoms with Gasteiger partial charge in [0.05, 0.1) is 11.8 Å². The van der Waals surface area contributed by atoms with Gasteiger partial charge >= 0.3 is 12.1 Å². The Balaban J connectivity index is 1.22. The fourth-order valence-electron chi connectivity index (χ4n) is 5.79. The monoisotopic (exact) mass is 462 g/mol. The van der Waals surface area contributed by atoms with Crippen molar-refractivity contribution in [2.24, 2.45) is 11.8 Å². The molecule has 0 aromatic heterocycles. The zero-order valence-corrected chi connectivity index (χ0v) is 19.1. The molecule has 2 aromatic rings. The maximum atomic E-state index is 13.1. The van der Waals surface area contributed by atoms with Crippen molar-refractivity contribution in [2.45, 2.75) is 44.1 Å². The molecule has 3 aliphatic rings. The number of rotatable bonds is 5. The molecule has 1 aliphatic heterocycles. The van der Waals surface area contributed by atoms with Crippen LogP contribution in [-0.4, -0.2) is 53.7 Å². The van der Waals surface area contributed by atoms with E-state index in [4.69, 9.17) is 4.74 Å². The molecular weight excluding hydrogens is 432 g/mol. The summed E-state index contributed by atoms with van der Waals surface area (Å²) in [6.07, 6.45) is 3.26.